The summed E-state index contributed by atoms with van der Waals surface area (Å²) in [5.41, 5.74) is 1.31. The Morgan fingerprint density at radius 3 is 2.25 bits per heavy atom. The molecule has 0 aromatic rings. The van der Waals surface area contributed by atoms with Gasteiger partial charge in [-0.1, -0.05) is 32.4 Å². The number of halogens is 1. The number of allylic oxidation sites excluding steroid dienone is 2. The van der Waals surface area contributed by atoms with Crippen molar-refractivity contribution in [1.29, 1.82) is 0 Å². The van der Waals surface area contributed by atoms with Crippen molar-refractivity contribution < 1.29 is 13.9 Å². The van der Waals surface area contributed by atoms with Crippen LogP contribution in [0, 0.1) is 5.92 Å². The van der Waals surface area contributed by atoms with E-state index >= 15 is 0 Å². The first-order chi connectivity index (χ1) is 9.40. The van der Waals surface area contributed by atoms with E-state index in [9.17, 15) is 9.18 Å². The lowest BCUT2D eigenvalue weighted by Crippen LogP contribution is -2.25. The Labute approximate surface area is 123 Å². The van der Waals surface area contributed by atoms with Gasteiger partial charge in [0.25, 0.3) is 0 Å². The number of carbonyl (C=O) groups excluding carboxylic acids is 1. The Bertz CT molecular complexity index is 291. The molecule has 0 unspecified atom stereocenters. The van der Waals surface area contributed by atoms with E-state index in [0.717, 1.165) is 32.1 Å². The summed E-state index contributed by atoms with van der Waals surface area (Å²) in [6.45, 7) is 10.2. The molecule has 0 aliphatic carbocycles. The lowest BCUT2D eigenvalue weighted by molar-refractivity contribution is -0.155. The summed E-state index contributed by atoms with van der Waals surface area (Å²) in [5, 5.41) is 0. The number of hydrogen-bond donors (Lipinski definition) is 0. The van der Waals surface area contributed by atoms with Crippen LogP contribution in [0.2, 0.25) is 0 Å². The normalized spacial score (nSPS) is 13.9. The molecule has 0 aromatic heterocycles. The number of esters is 1. The second kappa shape index (κ2) is 10.9. The molecule has 2 atom stereocenters. The van der Waals surface area contributed by atoms with Crippen molar-refractivity contribution in [2.75, 3.05) is 0 Å². The van der Waals surface area contributed by atoms with E-state index in [2.05, 4.69) is 26.8 Å². The van der Waals surface area contributed by atoms with Gasteiger partial charge in [-0.05, 0) is 58.3 Å². The Balaban J connectivity index is 3.93. The van der Waals surface area contributed by atoms with E-state index in [-0.39, 0.29) is 12.5 Å². The lowest BCUT2D eigenvalue weighted by atomic mass is 9.97. The van der Waals surface area contributed by atoms with Crippen molar-refractivity contribution in [3.05, 3.63) is 11.6 Å². The van der Waals surface area contributed by atoms with Gasteiger partial charge in [0, 0.05) is 0 Å². The van der Waals surface area contributed by atoms with E-state index < -0.39 is 12.1 Å². The molecule has 3 heteroatoms. The Morgan fingerprint density at radius 2 is 1.75 bits per heavy atom. The van der Waals surface area contributed by atoms with Crippen molar-refractivity contribution in [2.45, 2.75) is 85.4 Å². The summed E-state index contributed by atoms with van der Waals surface area (Å²) in [4.78, 5) is 11.6. The van der Waals surface area contributed by atoms with Crippen LogP contribution >= 0.6 is 0 Å². The van der Waals surface area contributed by atoms with Crippen LogP contribution in [0.25, 0.3) is 0 Å². The van der Waals surface area contributed by atoms with E-state index in [4.69, 9.17) is 4.74 Å². The molecule has 0 saturated carbocycles. The standard InChI is InChI=1S/C17H31FO2/c1-6-15(7-2)20-17(19)16(18)12-11-14(5)10-8-9-13(3)4/h9,14-16H,6-8,10-12H2,1-5H3/t14-,16-/m0/s1. The summed E-state index contributed by atoms with van der Waals surface area (Å²) in [6, 6.07) is 0. The molecule has 0 radical (unpaired) electrons. The third-order valence-corrected chi connectivity index (χ3v) is 3.57. The van der Waals surface area contributed by atoms with Gasteiger partial charge in [0.1, 0.15) is 6.10 Å². The summed E-state index contributed by atoms with van der Waals surface area (Å²) in [7, 11) is 0. The van der Waals surface area contributed by atoms with Gasteiger partial charge in [0.05, 0.1) is 0 Å². The van der Waals surface area contributed by atoms with Crippen LogP contribution in [-0.2, 0) is 9.53 Å². The Morgan fingerprint density at radius 1 is 1.15 bits per heavy atom. The van der Waals surface area contributed by atoms with E-state index in [0.29, 0.717) is 5.92 Å². The van der Waals surface area contributed by atoms with Crippen molar-refractivity contribution >= 4 is 5.97 Å². The van der Waals surface area contributed by atoms with Crippen LogP contribution in [0.1, 0.15) is 73.1 Å². The van der Waals surface area contributed by atoms with Crippen LogP contribution in [-0.4, -0.2) is 18.2 Å². The minimum Gasteiger partial charge on any atom is -0.460 e. The first kappa shape index (κ1) is 19.1. The van der Waals surface area contributed by atoms with Crippen molar-refractivity contribution in [1.82, 2.24) is 0 Å². The van der Waals surface area contributed by atoms with Crippen molar-refractivity contribution in [3.8, 4) is 0 Å². The minimum atomic E-state index is -1.47. The third-order valence-electron chi connectivity index (χ3n) is 3.57. The molecule has 0 fully saturated rings. The highest BCUT2D eigenvalue weighted by Gasteiger charge is 2.22. The highest BCUT2D eigenvalue weighted by molar-refractivity contribution is 5.74. The number of carbonyl (C=O) groups is 1. The highest BCUT2D eigenvalue weighted by atomic mass is 19.1. The van der Waals surface area contributed by atoms with E-state index in [1.807, 2.05) is 13.8 Å². The average molecular weight is 286 g/mol. The zero-order valence-corrected chi connectivity index (χ0v) is 13.7. The maximum absolute atomic E-state index is 13.8. The predicted molar refractivity (Wildman–Crippen MR) is 82.4 cm³/mol. The average Bonchev–Trinajstić information content (AvgIpc) is 2.41. The molecule has 0 N–H and O–H groups in total. The molecule has 2 nitrogen and oxygen atoms in total. The zero-order chi connectivity index (χ0) is 15.5. The van der Waals surface area contributed by atoms with Gasteiger partial charge in [0.15, 0.2) is 6.17 Å². The second-order valence-electron chi connectivity index (χ2n) is 5.88. The Hall–Kier alpha value is -0.860. The van der Waals surface area contributed by atoms with Gasteiger partial charge in [-0.15, -0.1) is 0 Å². The van der Waals surface area contributed by atoms with Gasteiger partial charge < -0.3 is 4.74 Å². The van der Waals surface area contributed by atoms with E-state index in [1.165, 1.54) is 5.57 Å². The molecular formula is C17H31FO2. The molecule has 118 valence electrons. The minimum absolute atomic E-state index is 0.143. The van der Waals surface area contributed by atoms with Gasteiger partial charge >= 0.3 is 5.97 Å². The molecule has 0 spiro atoms. The fourth-order valence-corrected chi connectivity index (χ4v) is 2.04. The Kier molecular flexibility index (Phi) is 10.4. The van der Waals surface area contributed by atoms with Gasteiger partial charge in [-0.3, -0.25) is 0 Å². The van der Waals surface area contributed by atoms with Crippen molar-refractivity contribution in [2.24, 2.45) is 5.92 Å². The first-order valence-corrected chi connectivity index (χ1v) is 7.88. The fourth-order valence-electron chi connectivity index (χ4n) is 2.04. The SMILES string of the molecule is CCC(CC)OC(=O)[C@@H](F)CC[C@@H](C)CCC=C(C)C. The number of rotatable bonds is 10. The molecular weight excluding hydrogens is 255 g/mol. The second-order valence-corrected chi connectivity index (χ2v) is 5.88. The first-order valence-electron chi connectivity index (χ1n) is 7.88. The number of alkyl halides is 1. The van der Waals surface area contributed by atoms with Crippen LogP contribution in [0.3, 0.4) is 0 Å². The molecule has 0 rings (SSSR count). The largest absolute Gasteiger partial charge is 0.460 e. The molecule has 0 bridgehead atoms. The smallest absolute Gasteiger partial charge is 0.340 e. The summed E-state index contributed by atoms with van der Waals surface area (Å²) in [5.74, 6) is -0.250. The van der Waals surface area contributed by atoms with Gasteiger partial charge in [0.2, 0.25) is 0 Å². The van der Waals surface area contributed by atoms with Crippen molar-refractivity contribution in [3.63, 3.8) is 0 Å². The maximum atomic E-state index is 13.8. The quantitative estimate of drug-likeness (QED) is 0.406. The monoisotopic (exact) mass is 286 g/mol. The van der Waals surface area contributed by atoms with Crippen LogP contribution in [0.15, 0.2) is 11.6 Å². The van der Waals surface area contributed by atoms with Crippen LogP contribution in [0.4, 0.5) is 4.39 Å². The molecule has 20 heavy (non-hydrogen) atoms. The third kappa shape index (κ3) is 9.11. The molecule has 0 aliphatic heterocycles. The number of ether oxygens (including phenoxy) is 1. The van der Waals surface area contributed by atoms with E-state index in [1.54, 1.807) is 0 Å². The summed E-state index contributed by atoms with van der Waals surface area (Å²) >= 11 is 0. The molecule has 0 heterocycles. The van der Waals surface area contributed by atoms with Gasteiger partial charge in [-0.25, -0.2) is 9.18 Å². The maximum Gasteiger partial charge on any atom is 0.340 e. The van der Waals surface area contributed by atoms with Crippen LogP contribution in [0.5, 0.6) is 0 Å². The number of hydrogen-bond acceptors (Lipinski definition) is 2. The molecule has 0 aliphatic rings. The molecule has 0 saturated heterocycles. The highest BCUT2D eigenvalue weighted by Crippen LogP contribution is 2.18. The fraction of sp³-hybridized carbons (Fsp3) is 0.824. The summed E-state index contributed by atoms with van der Waals surface area (Å²) < 4.78 is 18.9. The van der Waals surface area contributed by atoms with Gasteiger partial charge in [-0.2, -0.15) is 0 Å². The predicted octanol–water partition coefficient (Wildman–Crippen LogP) is 5.22. The summed E-state index contributed by atoms with van der Waals surface area (Å²) in [6.07, 6.45) is 5.15. The zero-order valence-electron chi connectivity index (χ0n) is 13.7. The van der Waals surface area contributed by atoms with Crippen LogP contribution < -0.4 is 0 Å². The molecule has 0 aromatic carbocycles. The topological polar surface area (TPSA) is 26.3 Å². The molecule has 0 amide bonds. The lowest BCUT2D eigenvalue weighted by Gasteiger charge is -2.17.